The molecule has 6 aromatic rings. The van der Waals surface area contributed by atoms with E-state index in [2.05, 4.69) is 0 Å². The summed E-state index contributed by atoms with van der Waals surface area (Å²) in [7, 11) is 1.50. The fourth-order valence-corrected chi connectivity index (χ4v) is 7.71. The maximum atomic E-state index is 11.9. The van der Waals surface area contributed by atoms with Crippen molar-refractivity contribution in [2.24, 2.45) is 0 Å². The molecular weight excluding hydrogens is 905 g/mol. The molecule has 5 unspecified atom stereocenters. The number of phenols is 6. The van der Waals surface area contributed by atoms with Gasteiger partial charge in [-0.25, -0.2) is 0 Å². The van der Waals surface area contributed by atoms with Crippen LogP contribution in [-0.4, -0.2) is 99.6 Å². The molecule has 0 aromatic heterocycles. The minimum Gasteiger partial charge on any atom is -0.508 e. The molecule has 0 aliphatic rings. The van der Waals surface area contributed by atoms with Gasteiger partial charge < -0.3 is 60.9 Å². The Morgan fingerprint density at radius 1 is 0.380 bits per heavy atom. The second-order valence-electron chi connectivity index (χ2n) is 18.0. The van der Waals surface area contributed by atoms with Crippen LogP contribution in [0.2, 0.25) is 0 Å². The van der Waals surface area contributed by atoms with Crippen LogP contribution in [0.1, 0.15) is 91.2 Å². The monoisotopic (exact) mass is 976 g/mol. The molecule has 0 aliphatic carbocycles. The maximum Gasteiger partial charge on any atom is 0.160 e. The highest BCUT2D eigenvalue weighted by Gasteiger charge is 2.15. The zero-order chi connectivity index (χ0) is 51.5. The van der Waals surface area contributed by atoms with E-state index in [0.29, 0.717) is 95.6 Å². The number of aromatic hydroxyl groups is 6. The summed E-state index contributed by atoms with van der Waals surface area (Å²) in [5.74, 6) is 1.68. The summed E-state index contributed by atoms with van der Waals surface area (Å²) in [6.45, 7) is 0. The third-order valence-corrected chi connectivity index (χ3v) is 12.0. The van der Waals surface area contributed by atoms with Crippen molar-refractivity contribution in [3.63, 3.8) is 0 Å². The second-order valence-corrected chi connectivity index (χ2v) is 18.0. The standard InChI is InChI=1S/C20H26O5.C19H24O4.C19H22O4/c1-25-20-12-15(6-11-19(20)24)5-10-18(23)13-17(22)9-4-14-2-7-16(21)8-3-14;2*20-16-7-1-14(2-8-16)5-11-18(22)13-19(23)12-6-15-3-9-17(21)10-4-15/h2-3,6-8,11-12,17-18,21-24H,4-5,9-10,13H2,1H3;1-4,7-10,18-23H,5-6,11-13H2;1-4,7-10,18,20-22H,5-6,11-13H2. The fourth-order valence-electron chi connectivity index (χ4n) is 7.71. The molecule has 0 fully saturated rings. The van der Waals surface area contributed by atoms with Gasteiger partial charge in [-0.3, -0.25) is 4.79 Å². The zero-order valence-corrected chi connectivity index (χ0v) is 40.5. The predicted octanol–water partition coefficient (Wildman–Crippen LogP) is 8.54. The number of ether oxygens (including phenoxy) is 1. The molecule has 382 valence electrons. The number of methoxy groups -OCH3 is 1. The Morgan fingerprint density at radius 2 is 0.648 bits per heavy atom. The highest BCUT2D eigenvalue weighted by atomic mass is 16.5. The third kappa shape index (κ3) is 23.7. The van der Waals surface area contributed by atoms with E-state index in [1.807, 2.05) is 48.5 Å². The number of carbonyl (C=O) groups is 1. The van der Waals surface area contributed by atoms with Crippen molar-refractivity contribution in [3.05, 3.63) is 173 Å². The van der Waals surface area contributed by atoms with Gasteiger partial charge >= 0.3 is 0 Å². The van der Waals surface area contributed by atoms with Crippen molar-refractivity contribution in [3.8, 4) is 40.2 Å². The lowest BCUT2D eigenvalue weighted by Crippen LogP contribution is -2.19. The Hall–Kier alpha value is -6.61. The smallest absolute Gasteiger partial charge is 0.160 e. The number of aryl methyl sites for hydroxylation is 6. The molecule has 5 atom stereocenters. The van der Waals surface area contributed by atoms with Crippen LogP contribution in [0.25, 0.3) is 0 Å². The van der Waals surface area contributed by atoms with Crippen LogP contribution in [0.3, 0.4) is 0 Å². The van der Waals surface area contributed by atoms with Crippen molar-refractivity contribution in [1.82, 2.24) is 0 Å². The summed E-state index contributed by atoms with van der Waals surface area (Å²) in [6.07, 6.45) is 5.19. The van der Waals surface area contributed by atoms with Crippen molar-refractivity contribution < 1.29 is 65.7 Å². The minimum atomic E-state index is -0.642. The van der Waals surface area contributed by atoms with E-state index in [-0.39, 0.29) is 46.7 Å². The number of hydrogen-bond donors (Lipinski definition) is 11. The largest absolute Gasteiger partial charge is 0.508 e. The number of benzene rings is 6. The van der Waals surface area contributed by atoms with Crippen molar-refractivity contribution >= 4 is 5.78 Å². The lowest BCUT2D eigenvalue weighted by Gasteiger charge is -2.16. The molecule has 0 aliphatic heterocycles. The zero-order valence-electron chi connectivity index (χ0n) is 40.5. The summed E-state index contributed by atoms with van der Waals surface area (Å²) < 4.78 is 5.07. The number of rotatable bonds is 25. The van der Waals surface area contributed by atoms with Crippen LogP contribution in [0, 0.1) is 0 Å². The summed E-state index contributed by atoms with van der Waals surface area (Å²) in [5.41, 5.74) is 6.14. The van der Waals surface area contributed by atoms with Gasteiger partial charge in [-0.2, -0.15) is 0 Å². The average Bonchev–Trinajstić information content (AvgIpc) is 3.35. The molecule has 0 radical (unpaired) electrons. The number of hydrogen-bond acceptors (Lipinski definition) is 13. The first kappa shape index (κ1) is 57.0. The normalized spacial score (nSPS) is 13.0. The van der Waals surface area contributed by atoms with Gasteiger partial charge in [-0.05, 0) is 190 Å². The van der Waals surface area contributed by atoms with Crippen LogP contribution in [0.4, 0.5) is 0 Å². The molecule has 0 amide bonds. The Labute approximate surface area is 417 Å². The quantitative estimate of drug-likeness (QED) is 0.0258. The number of aliphatic hydroxyl groups is 5. The summed E-state index contributed by atoms with van der Waals surface area (Å²) >= 11 is 0. The van der Waals surface area contributed by atoms with Gasteiger partial charge in [-0.1, -0.05) is 66.7 Å². The van der Waals surface area contributed by atoms with E-state index in [0.717, 1.165) is 33.4 Å². The molecule has 13 nitrogen and oxygen atoms in total. The summed E-state index contributed by atoms with van der Waals surface area (Å²) in [5, 5.41) is 106. The molecular formula is C58H72O13. The van der Waals surface area contributed by atoms with E-state index in [4.69, 9.17) is 4.74 Å². The number of ketones is 1. The fraction of sp³-hybridized carbons (Fsp3) is 0.362. The summed E-state index contributed by atoms with van der Waals surface area (Å²) in [6, 6.07) is 39.6. The first-order valence-electron chi connectivity index (χ1n) is 24.2. The van der Waals surface area contributed by atoms with Crippen LogP contribution >= 0.6 is 0 Å². The Kier molecular flexibility index (Phi) is 24.8. The van der Waals surface area contributed by atoms with Crippen LogP contribution in [0.5, 0.6) is 40.2 Å². The van der Waals surface area contributed by atoms with Gasteiger partial charge in [0.05, 0.1) is 37.6 Å². The molecule has 0 spiro atoms. The molecule has 0 heterocycles. The van der Waals surface area contributed by atoms with Gasteiger partial charge in [0.2, 0.25) is 0 Å². The van der Waals surface area contributed by atoms with E-state index < -0.39 is 30.5 Å². The predicted molar refractivity (Wildman–Crippen MR) is 274 cm³/mol. The van der Waals surface area contributed by atoms with Gasteiger partial charge in [-0.15, -0.1) is 0 Å². The molecule has 13 heteroatoms. The van der Waals surface area contributed by atoms with Crippen LogP contribution in [-0.2, 0) is 43.3 Å². The van der Waals surface area contributed by atoms with E-state index in [9.17, 15) is 61.0 Å². The maximum absolute atomic E-state index is 11.9. The van der Waals surface area contributed by atoms with Crippen molar-refractivity contribution in [2.75, 3.05) is 7.11 Å². The number of carbonyl (C=O) groups excluding carboxylic acids is 1. The molecule has 0 bridgehead atoms. The van der Waals surface area contributed by atoms with Crippen LogP contribution < -0.4 is 4.74 Å². The topological polar surface area (TPSA) is 249 Å². The molecule has 71 heavy (non-hydrogen) atoms. The Morgan fingerprint density at radius 3 is 0.958 bits per heavy atom. The Bertz CT molecular complexity index is 2330. The second kappa shape index (κ2) is 30.9. The highest BCUT2D eigenvalue weighted by Crippen LogP contribution is 2.27. The third-order valence-electron chi connectivity index (χ3n) is 12.0. The van der Waals surface area contributed by atoms with Gasteiger partial charge in [0.15, 0.2) is 11.5 Å². The highest BCUT2D eigenvalue weighted by molar-refractivity contribution is 5.79. The lowest BCUT2D eigenvalue weighted by molar-refractivity contribution is -0.121. The first-order chi connectivity index (χ1) is 34.0. The van der Waals surface area contributed by atoms with Gasteiger partial charge in [0.25, 0.3) is 0 Å². The van der Waals surface area contributed by atoms with Crippen molar-refractivity contribution in [2.45, 2.75) is 127 Å². The van der Waals surface area contributed by atoms with Gasteiger partial charge in [0, 0.05) is 12.8 Å². The van der Waals surface area contributed by atoms with Crippen molar-refractivity contribution in [1.29, 1.82) is 0 Å². The van der Waals surface area contributed by atoms with E-state index >= 15 is 0 Å². The molecule has 0 saturated carbocycles. The molecule has 6 aromatic carbocycles. The number of phenolic OH excluding ortho intramolecular Hbond substituents is 6. The number of aliphatic hydroxyl groups excluding tert-OH is 5. The minimum absolute atomic E-state index is 0.0382. The average molecular weight is 977 g/mol. The summed E-state index contributed by atoms with van der Waals surface area (Å²) in [4.78, 5) is 11.9. The van der Waals surface area contributed by atoms with E-state index in [1.54, 1.807) is 91.0 Å². The number of Topliss-reactive ketones (excluding diaryl/α,β-unsaturated/α-hetero) is 1. The molecule has 11 N–H and O–H groups in total. The molecule has 0 saturated heterocycles. The Balaban J connectivity index is 0.000000232. The van der Waals surface area contributed by atoms with Gasteiger partial charge in [0.1, 0.15) is 34.5 Å². The van der Waals surface area contributed by atoms with Crippen LogP contribution in [0.15, 0.2) is 140 Å². The SMILES string of the molecule is COc1cc(CCC(O)CC(O)CCc2ccc(O)cc2)ccc1O.O=C(CCc1ccc(O)cc1)CC(O)CCc1ccc(O)cc1.Oc1ccc(CCC(O)CC(O)CCc2ccc(O)cc2)cc1. The van der Waals surface area contributed by atoms with E-state index in [1.165, 1.54) is 7.11 Å². The first-order valence-corrected chi connectivity index (χ1v) is 24.2. The molecule has 6 rings (SSSR count). The lowest BCUT2D eigenvalue weighted by atomic mass is 9.99.